The zero-order valence-electron chi connectivity index (χ0n) is 8.81. The van der Waals surface area contributed by atoms with Crippen molar-refractivity contribution in [1.29, 1.82) is 0 Å². The molecule has 2 nitrogen and oxygen atoms in total. The molecule has 0 fully saturated rings. The number of hydrogen-bond acceptors (Lipinski definition) is 1. The number of aromatic nitrogens is 2. The van der Waals surface area contributed by atoms with Crippen molar-refractivity contribution in [1.82, 2.24) is 9.78 Å². The molecule has 0 saturated heterocycles. The van der Waals surface area contributed by atoms with E-state index in [1.54, 1.807) is 6.92 Å². The van der Waals surface area contributed by atoms with Gasteiger partial charge < -0.3 is 12.9 Å². The summed E-state index contributed by atoms with van der Waals surface area (Å²) in [5.74, 6) is 0. The van der Waals surface area contributed by atoms with Gasteiger partial charge in [-0.25, -0.2) is 0 Å². The normalized spacial score (nSPS) is 11.3. The topological polar surface area (TPSA) is 17.8 Å². The van der Waals surface area contributed by atoms with Gasteiger partial charge in [-0.15, -0.1) is 0 Å². The Morgan fingerprint density at radius 1 is 1.29 bits per heavy atom. The molecule has 0 bridgehead atoms. The molecule has 0 spiro atoms. The van der Waals surface area contributed by atoms with Crippen molar-refractivity contribution < 1.29 is 64.3 Å². The summed E-state index contributed by atoms with van der Waals surface area (Å²) in [5, 5.41) is 3.81. The van der Waals surface area contributed by atoms with Crippen molar-refractivity contribution in [3.05, 3.63) is 11.4 Å². The largest absolute Gasteiger partial charge is 1.00 e. The minimum Gasteiger partial charge on any atom is -0.445 e. The monoisotopic (exact) mass is 230 g/mol. The van der Waals surface area contributed by atoms with Crippen LogP contribution >= 0.6 is 0 Å². The van der Waals surface area contributed by atoms with Crippen LogP contribution in [0.25, 0.3) is 0 Å². The summed E-state index contributed by atoms with van der Waals surface area (Å²) in [5.41, 5.74) is -0.249. The van der Waals surface area contributed by atoms with Gasteiger partial charge >= 0.3 is 58.4 Å². The maximum absolute atomic E-state index is 12.5. The molecule has 0 aliphatic carbocycles. The molecule has 1 aromatic rings. The van der Waals surface area contributed by atoms with Gasteiger partial charge in [0.2, 0.25) is 0 Å². The Morgan fingerprint density at radius 3 is 2.00 bits per heavy atom. The first-order chi connectivity index (χ1) is 5.88. The average Bonchev–Trinajstić information content (AvgIpc) is 2.24. The van der Waals surface area contributed by atoms with Crippen LogP contribution in [-0.2, 0) is 6.54 Å². The molecule has 0 atom stereocenters. The predicted molar refractivity (Wildman–Crippen MR) is 46.1 cm³/mol. The molecule has 1 aromatic heterocycles. The SMILES string of the molecule is CCn1nc(C)c([B-](F)(F)F)c1C.[K+]. The molecule has 0 aliphatic heterocycles. The number of aryl methyl sites for hydroxylation is 2. The molecule has 14 heavy (non-hydrogen) atoms. The quantitative estimate of drug-likeness (QED) is 0.570. The van der Waals surface area contributed by atoms with Gasteiger partial charge in [0.25, 0.3) is 0 Å². The van der Waals surface area contributed by atoms with Crippen molar-refractivity contribution in [2.75, 3.05) is 0 Å². The summed E-state index contributed by atoms with van der Waals surface area (Å²) in [6.07, 6.45) is 0. The van der Waals surface area contributed by atoms with Crippen LogP contribution in [0.15, 0.2) is 0 Å². The molecule has 0 aliphatic rings. The van der Waals surface area contributed by atoms with Gasteiger partial charge in [0, 0.05) is 17.9 Å². The van der Waals surface area contributed by atoms with E-state index >= 15 is 0 Å². The van der Waals surface area contributed by atoms with Crippen LogP contribution in [0.1, 0.15) is 18.3 Å². The van der Waals surface area contributed by atoms with Crippen LogP contribution in [0.4, 0.5) is 12.9 Å². The molecule has 1 rings (SSSR count). The third-order valence-corrected chi connectivity index (χ3v) is 2.06. The van der Waals surface area contributed by atoms with Crippen molar-refractivity contribution >= 4 is 12.4 Å². The second-order valence-electron chi connectivity index (χ2n) is 2.98. The molecular weight excluding hydrogens is 219 g/mol. The second kappa shape index (κ2) is 5.16. The maximum atomic E-state index is 12.5. The molecule has 0 radical (unpaired) electrons. The first kappa shape index (κ1) is 14.7. The van der Waals surface area contributed by atoms with Crippen molar-refractivity contribution in [3.63, 3.8) is 0 Å². The molecule has 0 aromatic carbocycles. The van der Waals surface area contributed by atoms with Gasteiger partial charge in [0.15, 0.2) is 0 Å². The van der Waals surface area contributed by atoms with Crippen LogP contribution in [-0.4, -0.2) is 16.8 Å². The summed E-state index contributed by atoms with van der Waals surface area (Å²) in [6, 6.07) is 0. The minimum absolute atomic E-state index is 0. The van der Waals surface area contributed by atoms with Crippen LogP contribution in [0.2, 0.25) is 0 Å². The van der Waals surface area contributed by atoms with Crippen molar-refractivity contribution in [3.8, 4) is 0 Å². The molecule has 0 N–H and O–H groups in total. The Bertz CT molecular complexity index is 321. The summed E-state index contributed by atoms with van der Waals surface area (Å²) in [6.45, 7) is 0.161. The van der Waals surface area contributed by atoms with E-state index in [1.807, 2.05) is 0 Å². The van der Waals surface area contributed by atoms with Gasteiger partial charge in [-0.3, -0.25) is 4.68 Å². The van der Waals surface area contributed by atoms with Crippen molar-refractivity contribution in [2.24, 2.45) is 0 Å². The van der Waals surface area contributed by atoms with Crippen LogP contribution in [0, 0.1) is 13.8 Å². The van der Waals surface area contributed by atoms with Gasteiger partial charge in [0.05, 0.1) is 0 Å². The smallest absolute Gasteiger partial charge is 0.445 e. The summed E-state index contributed by atoms with van der Waals surface area (Å²) in [4.78, 5) is 0. The second-order valence-corrected chi connectivity index (χ2v) is 2.98. The molecule has 74 valence electrons. The van der Waals surface area contributed by atoms with Gasteiger partial charge in [0.1, 0.15) is 0 Å². The Kier molecular flexibility index (Phi) is 5.42. The zero-order chi connectivity index (χ0) is 10.2. The Hall–Kier alpha value is 0.701. The first-order valence-electron chi connectivity index (χ1n) is 4.11. The van der Waals surface area contributed by atoms with E-state index < -0.39 is 12.4 Å². The molecule has 0 unspecified atom stereocenters. The average molecular weight is 230 g/mol. The Balaban J connectivity index is 0.00000169. The molecule has 1 heterocycles. The van der Waals surface area contributed by atoms with E-state index in [2.05, 4.69) is 5.10 Å². The minimum atomic E-state index is -4.93. The number of hydrogen-bond donors (Lipinski definition) is 0. The van der Waals surface area contributed by atoms with Gasteiger partial charge in [-0.1, -0.05) is 5.46 Å². The molecule has 7 heteroatoms. The number of halogens is 3. The summed E-state index contributed by atoms with van der Waals surface area (Å²) in [7, 11) is 0. The fourth-order valence-corrected chi connectivity index (χ4v) is 1.49. The standard InChI is InChI=1S/C7H11BF3N2.K/c1-4-13-6(3)7(5(2)12-13)8(9,10)11;/h4H2,1-3H3;/q-1;+1. The molecule has 0 amide bonds. The summed E-state index contributed by atoms with van der Waals surface area (Å²) < 4.78 is 38.8. The Morgan fingerprint density at radius 2 is 1.79 bits per heavy atom. The fourth-order valence-electron chi connectivity index (χ4n) is 1.49. The van der Waals surface area contributed by atoms with E-state index in [4.69, 9.17) is 0 Å². The summed E-state index contributed by atoms with van der Waals surface area (Å²) >= 11 is 0. The van der Waals surface area contributed by atoms with Crippen LogP contribution in [0.3, 0.4) is 0 Å². The predicted octanol–water partition coefficient (Wildman–Crippen LogP) is -1.42. The maximum Gasteiger partial charge on any atom is 1.00 e. The molecule has 0 saturated carbocycles. The van der Waals surface area contributed by atoms with E-state index in [9.17, 15) is 12.9 Å². The number of rotatable bonds is 2. The van der Waals surface area contributed by atoms with Crippen molar-refractivity contribution in [2.45, 2.75) is 27.3 Å². The Labute approximate surface area is 124 Å². The van der Waals surface area contributed by atoms with E-state index in [-0.39, 0.29) is 62.8 Å². The van der Waals surface area contributed by atoms with E-state index in [0.29, 0.717) is 6.54 Å². The number of nitrogens with zero attached hydrogens (tertiary/aromatic N) is 2. The van der Waals surface area contributed by atoms with Gasteiger partial charge in [-0.05, 0) is 20.8 Å². The van der Waals surface area contributed by atoms with Crippen LogP contribution in [0.5, 0.6) is 0 Å². The van der Waals surface area contributed by atoms with E-state index in [1.165, 1.54) is 18.5 Å². The third-order valence-electron chi connectivity index (χ3n) is 2.06. The third kappa shape index (κ3) is 2.85. The van der Waals surface area contributed by atoms with E-state index in [0.717, 1.165) is 0 Å². The molecular formula is C7H11BF3KN2. The zero-order valence-corrected chi connectivity index (χ0v) is 11.9. The first-order valence-corrected chi connectivity index (χ1v) is 4.11. The van der Waals surface area contributed by atoms with Gasteiger partial charge in [-0.2, -0.15) is 5.10 Å². The fraction of sp³-hybridized carbons (Fsp3) is 0.571. The van der Waals surface area contributed by atoms with Crippen LogP contribution < -0.4 is 56.8 Å².